The summed E-state index contributed by atoms with van der Waals surface area (Å²) in [5.41, 5.74) is 2.13. The fraction of sp³-hybridized carbons (Fsp3) is 0.611. The average Bonchev–Trinajstić information content (AvgIpc) is 3.08. The van der Waals surface area contributed by atoms with E-state index >= 15 is 0 Å². The van der Waals surface area contributed by atoms with Crippen molar-refractivity contribution in [3.63, 3.8) is 0 Å². The van der Waals surface area contributed by atoms with Crippen LogP contribution in [-0.2, 0) is 21.1 Å². The van der Waals surface area contributed by atoms with Crippen LogP contribution in [0.25, 0.3) is 0 Å². The molecule has 0 bridgehead atoms. The van der Waals surface area contributed by atoms with Gasteiger partial charge < -0.3 is 4.90 Å². The molecule has 0 saturated heterocycles. The summed E-state index contributed by atoms with van der Waals surface area (Å²) in [5, 5.41) is -0.221. The van der Waals surface area contributed by atoms with Crippen LogP contribution in [0.3, 0.4) is 0 Å². The van der Waals surface area contributed by atoms with Crippen LogP contribution in [0.5, 0.6) is 0 Å². The van der Waals surface area contributed by atoms with Gasteiger partial charge in [-0.2, -0.15) is 0 Å². The average molecular weight is 335 g/mol. The van der Waals surface area contributed by atoms with Gasteiger partial charge in [-0.3, -0.25) is 4.79 Å². The van der Waals surface area contributed by atoms with Gasteiger partial charge in [0, 0.05) is 18.2 Å². The van der Waals surface area contributed by atoms with Crippen LogP contribution in [0.15, 0.2) is 24.3 Å². The lowest BCUT2D eigenvalue weighted by Crippen LogP contribution is -2.43. The number of aryl methyl sites for hydroxylation is 1. The van der Waals surface area contributed by atoms with Gasteiger partial charge in [0.2, 0.25) is 5.91 Å². The van der Waals surface area contributed by atoms with Crippen molar-refractivity contribution < 1.29 is 13.2 Å². The summed E-state index contributed by atoms with van der Waals surface area (Å²) in [5.74, 6) is -0.0757. The molecule has 1 aliphatic carbocycles. The highest BCUT2D eigenvalue weighted by atomic mass is 32.2. The smallest absolute Gasteiger partial charge is 0.228 e. The minimum Gasteiger partial charge on any atom is -0.309 e. The van der Waals surface area contributed by atoms with Gasteiger partial charge in [0.05, 0.1) is 11.0 Å². The first-order valence-corrected chi connectivity index (χ1v) is 10.3. The third-order valence-electron chi connectivity index (χ3n) is 5.20. The predicted molar refractivity (Wildman–Crippen MR) is 92.4 cm³/mol. The SMILES string of the molecule is C[C@H]1CCc2ccccc2N1C(=O)CCS(=O)(=O)C1CCCC1. The zero-order chi connectivity index (χ0) is 16.4. The maximum absolute atomic E-state index is 12.7. The van der Waals surface area contributed by atoms with Crippen LogP contribution >= 0.6 is 0 Å². The highest BCUT2D eigenvalue weighted by molar-refractivity contribution is 7.92. The maximum atomic E-state index is 12.7. The van der Waals surface area contributed by atoms with Crippen molar-refractivity contribution in [3.05, 3.63) is 29.8 Å². The molecule has 1 aromatic rings. The molecule has 0 unspecified atom stereocenters. The number of sulfone groups is 1. The molecule has 2 aliphatic rings. The summed E-state index contributed by atoms with van der Waals surface area (Å²) >= 11 is 0. The topological polar surface area (TPSA) is 54.5 Å². The number of rotatable bonds is 4. The van der Waals surface area contributed by atoms with Gasteiger partial charge >= 0.3 is 0 Å². The predicted octanol–water partition coefficient (Wildman–Crippen LogP) is 3.10. The third-order valence-corrected chi connectivity index (χ3v) is 7.46. The van der Waals surface area contributed by atoms with E-state index in [0.717, 1.165) is 44.2 Å². The first-order chi connectivity index (χ1) is 11.0. The molecule has 0 radical (unpaired) electrons. The molecular weight excluding hydrogens is 310 g/mol. The maximum Gasteiger partial charge on any atom is 0.228 e. The van der Waals surface area contributed by atoms with E-state index in [4.69, 9.17) is 0 Å². The quantitative estimate of drug-likeness (QED) is 0.849. The highest BCUT2D eigenvalue weighted by Crippen LogP contribution is 2.31. The number of hydrogen-bond donors (Lipinski definition) is 0. The van der Waals surface area contributed by atoms with Gasteiger partial charge in [0.25, 0.3) is 0 Å². The molecule has 1 aliphatic heterocycles. The van der Waals surface area contributed by atoms with Crippen LogP contribution in [0.2, 0.25) is 0 Å². The Labute approximate surface area is 138 Å². The molecule has 1 aromatic carbocycles. The number of anilines is 1. The summed E-state index contributed by atoms with van der Waals surface area (Å²) in [6.07, 6.45) is 5.51. The Morgan fingerprint density at radius 2 is 1.87 bits per heavy atom. The first kappa shape index (κ1) is 16.5. The molecule has 3 rings (SSSR count). The standard InChI is InChI=1S/C18H25NO3S/c1-14-10-11-15-6-2-5-9-17(15)19(14)18(20)12-13-23(21,22)16-7-3-4-8-16/h2,5-6,9,14,16H,3-4,7-8,10-13H2,1H3/t14-/m0/s1. The zero-order valence-electron chi connectivity index (χ0n) is 13.7. The molecule has 1 amide bonds. The van der Waals surface area contributed by atoms with Crippen molar-refractivity contribution in [2.45, 2.75) is 63.2 Å². The second-order valence-corrected chi connectivity index (χ2v) is 9.20. The van der Waals surface area contributed by atoms with Crippen molar-refractivity contribution in [2.24, 2.45) is 0 Å². The Bertz CT molecular complexity index is 677. The van der Waals surface area contributed by atoms with Gasteiger partial charge in [-0.15, -0.1) is 0 Å². The van der Waals surface area contributed by atoms with Gasteiger partial charge in [0.1, 0.15) is 0 Å². The Kier molecular flexibility index (Phi) is 4.76. The summed E-state index contributed by atoms with van der Waals surface area (Å²) in [7, 11) is -3.14. The van der Waals surface area contributed by atoms with Gasteiger partial charge in [-0.05, 0) is 44.2 Å². The number of benzene rings is 1. The van der Waals surface area contributed by atoms with E-state index in [0.29, 0.717) is 0 Å². The Balaban J connectivity index is 1.71. The molecule has 0 aromatic heterocycles. The second kappa shape index (κ2) is 6.63. The van der Waals surface area contributed by atoms with Crippen LogP contribution in [0, 0.1) is 0 Å². The third kappa shape index (κ3) is 3.44. The molecule has 1 saturated carbocycles. The van der Waals surface area contributed by atoms with Gasteiger partial charge in [-0.25, -0.2) is 8.42 Å². The minimum atomic E-state index is -3.14. The van der Waals surface area contributed by atoms with Crippen molar-refractivity contribution in [2.75, 3.05) is 10.7 Å². The van der Waals surface area contributed by atoms with Crippen molar-refractivity contribution >= 4 is 21.4 Å². The van der Waals surface area contributed by atoms with E-state index < -0.39 is 9.84 Å². The second-order valence-electron chi connectivity index (χ2n) is 6.80. The van der Waals surface area contributed by atoms with E-state index in [2.05, 4.69) is 6.07 Å². The van der Waals surface area contributed by atoms with Crippen molar-refractivity contribution in [1.82, 2.24) is 0 Å². The van der Waals surface area contributed by atoms with Gasteiger partial charge in [0.15, 0.2) is 9.84 Å². The molecule has 0 spiro atoms. The normalized spacial score (nSPS) is 22.1. The Hall–Kier alpha value is -1.36. The number of fused-ring (bicyclic) bond motifs is 1. The van der Waals surface area contributed by atoms with Crippen molar-refractivity contribution in [3.8, 4) is 0 Å². The fourth-order valence-corrected chi connectivity index (χ4v) is 5.68. The molecular formula is C18H25NO3S. The summed E-state index contributed by atoms with van der Waals surface area (Å²) < 4.78 is 24.8. The van der Waals surface area contributed by atoms with E-state index in [1.807, 2.05) is 30.0 Å². The number of nitrogens with zero attached hydrogens (tertiary/aromatic N) is 1. The number of para-hydroxylation sites is 1. The fourth-order valence-electron chi connectivity index (χ4n) is 3.83. The number of carbonyl (C=O) groups excluding carboxylic acids is 1. The monoisotopic (exact) mass is 335 g/mol. The molecule has 1 fully saturated rings. The molecule has 1 heterocycles. The highest BCUT2D eigenvalue weighted by Gasteiger charge is 2.32. The number of carbonyl (C=O) groups is 1. The molecule has 0 N–H and O–H groups in total. The molecule has 5 heteroatoms. The zero-order valence-corrected chi connectivity index (χ0v) is 14.5. The largest absolute Gasteiger partial charge is 0.309 e. The van der Waals surface area contributed by atoms with Crippen LogP contribution in [0.4, 0.5) is 5.69 Å². The lowest BCUT2D eigenvalue weighted by atomic mass is 9.96. The molecule has 4 nitrogen and oxygen atoms in total. The summed E-state index contributed by atoms with van der Waals surface area (Å²) in [4.78, 5) is 14.5. The molecule has 1 atom stereocenters. The van der Waals surface area contributed by atoms with E-state index in [9.17, 15) is 13.2 Å². The van der Waals surface area contributed by atoms with Crippen LogP contribution in [-0.4, -0.2) is 31.4 Å². The van der Waals surface area contributed by atoms with Crippen LogP contribution in [0.1, 0.15) is 51.0 Å². The summed E-state index contributed by atoms with van der Waals surface area (Å²) in [6.45, 7) is 2.04. The minimum absolute atomic E-state index is 0.0120. The molecule has 126 valence electrons. The van der Waals surface area contributed by atoms with Crippen LogP contribution < -0.4 is 4.90 Å². The Morgan fingerprint density at radius 1 is 1.17 bits per heavy atom. The summed E-state index contributed by atoms with van der Waals surface area (Å²) in [6, 6.07) is 8.08. The number of amides is 1. The lowest BCUT2D eigenvalue weighted by molar-refractivity contribution is -0.118. The Morgan fingerprint density at radius 3 is 2.61 bits per heavy atom. The first-order valence-electron chi connectivity index (χ1n) is 8.60. The van der Waals surface area contributed by atoms with Crippen molar-refractivity contribution in [1.29, 1.82) is 0 Å². The molecule has 23 heavy (non-hydrogen) atoms. The van der Waals surface area contributed by atoms with E-state index in [1.165, 1.54) is 5.56 Å². The van der Waals surface area contributed by atoms with Gasteiger partial charge in [-0.1, -0.05) is 31.0 Å². The van der Waals surface area contributed by atoms with E-state index in [-0.39, 0.29) is 29.4 Å². The van der Waals surface area contributed by atoms with E-state index in [1.54, 1.807) is 0 Å². The lowest BCUT2D eigenvalue weighted by Gasteiger charge is -2.35. The number of hydrogen-bond acceptors (Lipinski definition) is 3.